The van der Waals surface area contributed by atoms with E-state index in [-0.39, 0.29) is 5.82 Å². The molecular formula is C12H10BrFOS. The molecule has 2 rings (SSSR count). The Morgan fingerprint density at radius 1 is 1.31 bits per heavy atom. The summed E-state index contributed by atoms with van der Waals surface area (Å²) in [6.45, 7) is 1.79. The molecule has 0 spiro atoms. The highest BCUT2D eigenvalue weighted by Crippen LogP contribution is 2.32. The van der Waals surface area contributed by atoms with Gasteiger partial charge in [0.15, 0.2) is 0 Å². The summed E-state index contributed by atoms with van der Waals surface area (Å²) in [4.78, 5) is 0. The maximum absolute atomic E-state index is 12.9. The summed E-state index contributed by atoms with van der Waals surface area (Å²) in [6, 6.07) is 4.42. The predicted molar refractivity (Wildman–Crippen MR) is 67.2 cm³/mol. The first-order valence-electron chi connectivity index (χ1n) is 4.75. The topological polar surface area (TPSA) is 20.2 Å². The largest absolute Gasteiger partial charge is 0.384 e. The lowest BCUT2D eigenvalue weighted by atomic mass is 9.99. The van der Waals surface area contributed by atoms with Crippen LogP contribution in [0.3, 0.4) is 0 Å². The van der Waals surface area contributed by atoms with Crippen LogP contribution in [0.5, 0.6) is 0 Å². The third kappa shape index (κ3) is 2.19. The average Bonchev–Trinajstić information content (AvgIpc) is 2.63. The minimum atomic E-state index is -0.707. The second kappa shape index (κ2) is 4.65. The van der Waals surface area contributed by atoms with Crippen molar-refractivity contribution >= 4 is 27.3 Å². The molecule has 0 aliphatic carbocycles. The molecular weight excluding hydrogens is 291 g/mol. The van der Waals surface area contributed by atoms with Crippen LogP contribution in [-0.2, 0) is 0 Å². The van der Waals surface area contributed by atoms with Crippen LogP contribution in [-0.4, -0.2) is 5.11 Å². The van der Waals surface area contributed by atoms with E-state index in [0.717, 1.165) is 21.2 Å². The van der Waals surface area contributed by atoms with Gasteiger partial charge in [-0.3, -0.25) is 0 Å². The molecule has 1 aromatic heterocycles. The first-order chi connectivity index (χ1) is 7.59. The second-order valence-corrected chi connectivity index (χ2v) is 5.18. The van der Waals surface area contributed by atoms with Crippen molar-refractivity contribution in [3.05, 3.63) is 55.9 Å². The molecule has 0 amide bonds. The van der Waals surface area contributed by atoms with Gasteiger partial charge in [0, 0.05) is 15.4 Å². The third-order valence-electron chi connectivity index (χ3n) is 2.46. The van der Waals surface area contributed by atoms with E-state index in [1.807, 2.05) is 10.8 Å². The van der Waals surface area contributed by atoms with Gasteiger partial charge >= 0.3 is 0 Å². The van der Waals surface area contributed by atoms with Gasteiger partial charge in [-0.15, -0.1) is 0 Å². The lowest BCUT2D eigenvalue weighted by Crippen LogP contribution is -2.01. The molecule has 1 unspecified atom stereocenters. The molecule has 84 valence electrons. The van der Waals surface area contributed by atoms with Gasteiger partial charge in [0.05, 0.1) is 0 Å². The number of benzene rings is 1. The number of aliphatic hydroxyl groups is 1. The molecule has 1 heterocycles. The zero-order valence-corrected chi connectivity index (χ0v) is 11.0. The summed E-state index contributed by atoms with van der Waals surface area (Å²) in [6.07, 6.45) is -0.707. The smallest absolute Gasteiger partial charge is 0.123 e. The summed E-state index contributed by atoms with van der Waals surface area (Å²) < 4.78 is 13.8. The first kappa shape index (κ1) is 11.8. The molecule has 0 aliphatic rings. The number of hydrogen-bond acceptors (Lipinski definition) is 2. The summed E-state index contributed by atoms with van der Waals surface area (Å²) in [5.41, 5.74) is 2.31. The van der Waals surface area contributed by atoms with Crippen LogP contribution in [0.15, 0.2) is 33.4 Å². The lowest BCUT2D eigenvalue weighted by molar-refractivity contribution is 0.219. The zero-order valence-electron chi connectivity index (χ0n) is 8.58. The second-order valence-electron chi connectivity index (χ2n) is 3.58. The normalized spacial score (nSPS) is 12.8. The summed E-state index contributed by atoms with van der Waals surface area (Å²) >= 11 is 4.90. The van der Waals surface area contributed by atoms with Gasteiger partial charge in [0.25, 0.3) is 0 Å². The number of aliphatic hydroxyl groups excluding tert-OH is 1. The van der Waals surface area contributed by atoms with Crippen LogP contribution >= 0.6 is 27.3 Å². The SMILES string of the molecule is Cc1cc(F)ccc1C(O)c1cscc1Br. The summed E-state index contributed by atoms with van der Waals surface area (Å²) in [5, 5.41) is 14.0. The molecule has 1 atom stereocenters. The molecule has 1 nitrogen and oxygen atoms in total. The van der Waals surface area contributed by atoms with E-state index in [4.69, 9.17) is 0 Å². The highest BCUT2D eigenvalue weighted by molar-refractivity contribution is 9.10. The Balaban J connectivity index is 2.41. The fourth-order valence-corrected chi connectivity index (χ4v) is 3.13. The Hall–Kier alpha value is -0.710. The van der Waals surface area contributed by atoms with E-state index in [1.54, 1.807) is 13.0 Å². The van der Waals surface area contributed by atoms with Crippen molar-refractivity contribution in [3.63, 3.8) is 0 Å². The Labute approximate surface area is 106 Å². The Bertz CT molecular complexity index is 509. The minimum absolute atomic E-state index is 0.280. The van der Waals surface area contributed by atoms with Crippen LogP contribution < -0.4 is 0 Å². The maximum Gasteiger partial charge on any atom is 0.123 e. The molecule has 0 saturated carbocycles. The van der Waals surface area contributed by atoms with Crippen molar-refractivity contribution in [2.24, 2.45) is 0 Å². The monoisotopic (exact) mass is 300 g/mol. The van der Waals surface area contributed by atoms with Gasteiger partial charge in [0.1, 0.15) is 11.9 Å². The quantitative estimate of drug-likeness (QED) is 0.887. The Morgan fingerprint density at radius 3 is 2.62 bits per heavy atom. The van der Waals surface area contributed by atoms with Crippen LogP contribution in [0.4, 0.5) is 4.39 Å². The molecule has 2 aromatic rings. The van der Waals surface area contributed by atoms with E-state index in [9.17, 15) is 9.50 Å². The number of hydrogen-bond donors (Lipinski definition) is 1. The lowest BCUT2D eigenvalue weighted by Gasteiger charge is -2.13. The third-order valence-corrected chi connectivity index (χ3v) is 4.21. The Morgan fingerprint density at radius 2 is 2.06 bits per heavy atom. The molecule has 0 fully saturated rings. The van der Waals surface area contributed by atoms with E-state index >= 15 is 0 Å². The van der Waals surface area contributed by atoms with Gasteiger partial charge < -0.3 is 5.11 Å². The molecule has 0 aliphatic heterocycles. The van der Waals surface area contributed by atoms with E-state index in [2.05, 4.69) is 15.9 Å². The van der Waals surface area contributed by atoms with E-state index in [1.165, 1.54) is 23.5 Å². The van der Waals surface area contributed by atoms with E-state index < -0.39 is 6.10 Å². The molecule has 16 heavy (non-hydrogen) atoms. The number of rotatable bonds is 2. The fourth-order valence-electron chi connectivity index (χ4n) is 1.60. The number of aryl methyl sites for hydroxylation is 1. The molecule has 1 aromatic carbocycles. The van der Waals surface area contributed by atoms with Crippen LogP contribution in [0.25, 0.3) is 0 Å². The molecule has 0 radical (unpaired) electrons. The first-order valence-corrected chi connectivity index (χ1v) is 6.49. The fraction of sp³-hybridized carbons (Fsp3) is 0.167. The van der Waals surface area contributed by atoms with Crippen molar-refractivity contribution in [3.8, 4) is 0 Å². The van der Waals surface area contributed by atoms with Crippen molar-refractivity contribution < 1.29 is 9.50 Å². The van der Waals surface area contributed by atoms with Crippen LogP contribution in [0.2, 0.25) is 0 Å². The molecule has 0 saturated heterocycles. The van der Waals surface area contributed by atoms with Crippen LogP contribution in [0, 0.1) is 12.7 Å². The summed E-state index contributed by atoms with van der Waals surface area (Å²) in [5.74, 6) is -0.280. The van der Waals surface area contributed by atoms with Crippen molar-refractivity contribution in [2.45, 2.75) is 13.0 Å². The van der Waals surface area contributed by atoms with Gasteiger partial charge in [0.2, 0.25) is 0 Å². The average molecular weight is 301 g/mol. The van der Waals surface area contributed by atoms with Gasteiger partial charge in [-0.25, -0.2) is 4.39 Å². The maximum atomic E-state index is 12.9. The Kier molecular flexibility index (Phi) is 3.42. The number of thiophene rings is 1. The minimum Gasteiger partial charge on any atom is -0.384 e. The highest BCUT2D eigenvalue weighted by Gasteiger charge is 2.16. The molecule has 1 N–H and O–H groups in total. The van der Waals surface area contributed by atoms with E-state index in [0.29, 0.717) is 0 Å². The van der Waals surface area contributed by atoms with Crippen molar-refractivity contribution in [1.29, 1.82) is 0 Å². The van der Waals surface area contributed by atoms with Gasteiger partial charge in [-0.05, 0) is 51.5 Å². The standard InChI is InChI=1S/C12H10BrFOS/c1-7-4-8(14)2-3-9(7)12(15)10-5-16-6-11(10)13/h2-6,12,15H,1H3. The van der Waals surface area contributed by atoms with Gasteiger partial charge in [-0.1, -0.05) is 6.07 Å². The number of halogens is 2. The molecule has 4 heteroatoms. The van der Waals surface area contributed by atoms with Crippen molar-refractivity contribution in [2.75, 3.05) is 0 Å². The predicted octanol–water partition coefficient (Wildman–Crippen LogP) is 4.04. The van der Waals surface area contributed by atoms with Crippen LogP contribution in [0.1, 0.15) is 22.8 Å². The zero-order chi connectivity index (χ0) is 11.7. The highest BCUT2D eigenvalue weighted by atomic mass is 79.9. The molecule has 0 bridgehead atoms. The summed E-state index contributed by atoms with van der Waals surface area (Å²) in [7, 11) is 0. The van der Waals surface area contributed by atoms with Crippen molar-refractivity contribution in [1.82, 2.24) is 0 Å². The van der Waals surface area contributed by atoms with Gasteiger partial charge in [-0.2, -0.15) is 11.3 Å².